The molecule has 0 radical (unpaired) electrons. The van der Waals surface area contributed by atoms with E-state index in [0.29, 0.717) is 0 Å². The number of aryl methyl sites for hydroxylation is 1. The molecule has 2 nitrogen and oxygen atoms in total. The standard InChI is InChI=1S/C24H25NO/c1-4-25(5-2)20-14-10-16-22-24(20)23(18-12-7-6-11-17(18)3)19-13-8-9-15-21(19)26-22/h6-16,23H,4-5H2,1-3H3. The maximum Gasteiger partial charge on any atom is 0.133 e. The highest BCUT2D eigenvalue weighted by Gasteiger charge is 2.32. The van der Waals surface area contributed by atoms with E-state index in [-0.39, 0.29) is 5.92 Å². The van der Waals surface area contributed by atoms with Gasteiger partial charge in [0.2, 0.25) is 0 Å². The van der Waals surface area contributed by atoms with E-state index < -0.39 is 0 Å². The molecule has 132 valence electrons. The van der Waals surface area contributed by atoms with Crippen molar-refractivity contribution < 1.29 is 4.74 Å². The summed E-state index contributed by atoms with van der Waals surface area (Å²) in [6.45, 7) is 8.59. The second kappa shape index (κ2) is 6.87. The Bertz CT molecular complexity index is 916. The first kappa shape index (κ1) is 16.7. The summed E-state index contributed by atoms with van der Waals surface area (Å²) in [5.41, 5.74) is 6.46. The first-order valence-corrected chi connectivity index (χ1v) is 9.44. The van der Waals surface area contributed by atoms with E-state index >= 15 is 0 Å². The lowest BCUT2D eigenvalue weighted by Gasteiger charge is -2.34. The van der Waals surface area contributed by atoms with Gasteiger partial charge in [0.1, 0.15) is 11.5 Å². The quantitative estimate of drug-likeness (QED) is 0.442. The normalized spacial score (nSPS) is 15.0. The molecule has 0 saturated carbocycles. The number of benzene rings is 3. The number of hydrogen-bond acceptors (Lipinski definition) is 2. The van der Waals surface area contributed by atoms with Gasteiger partial charge in [0.15, 0.2) is 0 Å². The van der Waals surface area contributed by atoms with E-state index in [0.717, 1.165) is 24.6 Å². The fourth-order valence-corrected chi connectivity index (χ4v) is 4.07. The lowest BCUT2D eigenvalue weighted by molar-refractivity contribution is 0.452. The fraction of sp³-hybridized carbons (Fsp3) is 0.250. The van der Waals surface area contributed by atoms with Crippen LogP contribution in [0.15, 0.2) is 66.7 Å². The molecule has 0 fully saturated rings. The molecular weight excluding hydrogens is 318 g/mol. The molecule has 3 aromatic carbocycles. The van der Waals surface area contributed by atoms with Crippen LogP contribution < -0.4 is 9.64 Å². The molecule has 0 N–H and O–H groups in total. The predicted octanol–water partition coefficient (Wildman–Crippen LogP) is 6.13. The Morgan fingerprint density at radius 2 is 1.42 bits per heavy atom. The third-order valence-corrected chi connectivity index (χ3v) is 5.39. The Kier molecular flexibility index (Phi) is 4.42. The van der Waals surface area contributed by atoms with Gasteiger partial charge in [-0.3, -0.25) is 0 Å². The Morgan fingerprint density at radius 3 is 2.15 bits per heavy atom. The number of anilines is 1. The molecule has 1 atom stereocenters. The number of hydrogen-bond donors (Lipinski definition) is 0. The zero-order chi connectivity index (χ0) is 18.1. The van der Waals surface area contributed by atoms with Crippen molar-refractivity contribution in [3.8, 4) is 11.5 Å². The van der Waals surface area contributed by atoms with Crippen molar-refractivity contribution in [2.24, 2.45) is 0 Å². The third kappa shape index (κ3) is 2.66. The maximum atomic E-state index is 6.32. The largest absolute Gasteiger partial charge is 0.457 e. The van der Waals surface area contributed by atoms with Crippen LogP contribution in [0.5, 0.6) is 11.5 Å². The van der Waals surface area contributed by atoms with E-state index in [1.54, 1.807) is 0 Å². The molecule has 3 aromatic rings. The molecule has 0 amide bonds. The first-order chi connectivity index (χ1) is 12.7. The molecule has 1 unspecified atom stereocenters. The van der Waals surface area contributed by atoms with Gasteiger partial charge in [0.25, 0.3) is 0 Å². The van der Waals surface area contributed by atoms with Gasteiger partial charge >= 0.3 is 0 Å². The molecule has 4 rings (SSSR count). The predicted molar refractivity (Wildman–Crippen MR) is 109 cm³/mol. The molecule has 1 heterocycles. The van der Waals surface area contributed by atoms with Crippen molar-refractivity contribution in [2.45, 2.75) is 26.7 Å². The highest BCUT2D eigenvalue weighted by atomic mass is 16.5. The Labute approximate surface area is 156 Å². The number of ether oxygens (including phenoxy) is 1. The fourth-order valence-electron chi connectivity index (χ4n) is 4.07. The molecule has 1 aliphatic rings. The van der Waals surface area contributed by atoms with Crippen LogP contribution in [0.3, 0.4) is 0 Å². The van der Waals surface area contributed by atoms with Crippen molar-refractivity contribution in [2.75, 3.05) is 18.0 Å². The van der Waals surface area contributed by atoms with Crippen LogP contribution in [0.1, 0.15) is 42.0 Å². The number of nitrogens with zero attached hydrogens (tertiary/aromatic N) is 1. The van der Waals surface area contributed by atoms with Crippen LogP contribution in [0, 0.1) is 6.92 Å². The van der Waals surface area contributed by atoms with Crippen LogP contribution >= 0.6 is 0 Å². The van der Waals surface area contributed by atoms with Gasteiger partial charge in [-0.2, -0.15) is 0 Å². The summed E-state index contributed by atoms with van der Waals surface area (Å²) in [6.07, 6.45) is 0. The Morgan fingerprint density at radius 1 is 0.769 bits per heavy atom. The Hall–Kier alpha value is -2.74. The van der Waals surface area contributed by atoms with E-state index in [1.165, 1.54) is 27.9 Å². The van der Waals surface area contributed by atoms with E-state index in [1.807, 2.05) is 6.07 Å². The van der Waals surface area contributed by atoms with Gasteiger partial charge in [-0.1, -0.05) is 48.5 Å². The highest BCUT2D eigenvalue weighted by Crippen LogP contribution is 2.51. The molecule has 0 saturated heterocycles. The van der Waals surface area contributed by atoms with Crippen LogP contribution in [0.2, 0.25) is 0 Å². The van der Waals surface area contributed by atoms with Gasteiger partial charge < -0.3 is 9.64 Å². The molecule has 0 aliphatic carbocycles. The minimum absolute atomic E-state index is 0.188. The zero-order valence-corrected chi connectivity index (χ0v) is 15.7. The number of fused-ring (bicyclic) bond motifs is 2. The van der Waals surface area contributed by atoms with E-state index in [4.69, 9.17) is 4.74 Å². The lowest BCUT2D eigenvalue weighted by atomic mass is 9.80. The molecule has 2 heteroatoms. The molecule has 1 aliphatic heterocycles. The smallest absolute Gasteiger partial charge is 0.133 e. The summed E-state index contributed by atoms with van der Waals surface area (Å²) >= 11 is 0. The van der Waals surface area contributed by atoms with Gasteiger partial charge in [-0.15, -0.1) is 0 Å². The minimum atomic E-state index is 0.188. The molecule has 26 heavy (non-hydrogen) atoms. The monoisotopic (exact) mass is 343 g/mol. The van der Waals surface area contributed by atoms with E-state index in [2.05, 4.69) is 86.3 Å². The van der Waals surface area contributed by atoms with Crippen molar-refractivity contribution in [3.05, 3.63) is 89.0 Å². The zero-order valence-electron chi connectivity index (χ0n) is 15.7. The maximum absolute atomic E-state index is 6.32. The van der Waals surface area contributed by atoms with Crippen LogP contribution in [0.4, 0.5) is 5.69 Å². The summed E-state index contributed by atoms with van der Waals surface area (Å²) in [4.78, 5) is 2.42. The summed E-state index contributed by atoms with van der Waals surface area (Å²) in [7, 11) is 0. The first-order valence-electron chi connectivity index (χ1n) is 9.44. The summed E-state index contributed by atoms with van der Waals surface area (Å²) < 4.78 is 6.32. The SMILES string of the molecule is CCN(CC)c1cccc2c1C(c1ccccc1C)c1ccccc1O2. The molecule has 0 spiro atoms. The average Bonchev–Trinajstić information content (AvgIpc) is 2.68. The molecule has 0 bridgehead atoms. The summed E-state index contributed by atoms with van der Waals surface area (Å²) in [6, 6.07) is 23.6. The van der Waals surface area contributed by atoms with Crippen molar-refractivity contribution in [1.82, 2.24) is 0 Å². The van der Waals surface area contributed by atoms with Crippen LogP contribution in [-0.4, -0.2) is 13.1 Å². The van der Waals surface area contributed by atoms with Gasteiger partial charge in [0.05, 0.1) is 0 Å². The van der Waals surface area contributed by atoms with Gasteiger partial charge in [0, 0.05) is 35.8 Å². The topological polar surface area (TPSA) is 12.5 Å². The lowest BCUT2D eigenvalue weighted by Crippen LogP contribution is -2.25. The molecule has 0 aromatic heterocycles. The van der Waals surface area contributed by atoms with Crippen LogP contribution in [0.25, 0.3) is 0 Å². The third-order valence-electron chi connectivity index (χ3n) is 5.39. The highest BCUT2D eigenvalue weighted by molar-refractivity contribution is 5.69. The van der Waals surface area contributed by atoms with Crippen molar-refractivity contribution in [3.63, 3.8) is 0 Å². The second-order valence-electron chi connectivity index (χ2n) is 6.79. The number of rotatable bonds is 4. The van der Waals surface area contributed by atoms with Crippen molar-refractivity contribution >= 4 is 5.69 Å². The summed E-state index contributed by atoms with van der Waals surface area (Å²) in [5, 5.41) is 0. The summed E-state index contributed by atoms with van der Waals surface area (Å²) in [5.74, 6) is 2.12. The van der Waals surface area contributed by atoms with Crippen LogP contribution in [-0.2, 0) is 0 Å². The van der Waals surface area contributed by atoms with Gasteiger partial charge in [-0.25, -0.2) is 0 Å². The number of para-hydroxylation sites is 1. The molecular formula is C24H25NO. The van der Waals surface area contributed by atoms with Gasteiger partial charge in [-0.05, 0) is 50.1 Å². The van der Waals surface area contributed by atoms with Crippen molar-refractivity contribution in [1.29, 1.82) is 0 Å². The minimum Gasteiger partial charge on any atom is -0.457 e. The Balaban J connectivity index is 2.01. The second-order valence-corrected chi connectivity index (χ2v) is 6.79. The average molecular weight is 343 g/mol. The van der Waals surface area contributed by atoms with E-state index in [9.17, 15) is 0 Å².